The molecule has 37 heavy (non-hydrogen) atoms. The van der Waals surface area contributed by atoms with Gasteiger partial charge in [-0.3, -0.25) is 9.59 Å². The van der Waals surface area contributed by atoms with Gasteiger partial charge in [-0.1, -0.05) is 39.3 Å². The van der Waals surface area contributed by atoms with Gasteiger partial charge in [0, 0.05) is 5.92 Å². The minimum absolute atomic E-state index is 0.0880. The van der Waals surface area contributed by atoms with Gasteiger partial charge in [0.15, 0.2) is 0 Å². The second-order valence-electron chi connectivity index (χ2n) is 14.7. The number of hydrogen-bond acceptors (Lipinski definition) is 5. The van der Waals surface area contributed by atoms with Crippen molar-refractivity contribution in [2.75, 3.05) is 0 Å². The van der Waals surface area contributed by atoms with E-state index in [0.717, 1.165) is 12.8 Å². The summed E-state index contributed by atoms with van der Waals surface area (Å²) in [6.45, 7) is 12.2. The Bertz CT molecular complexity index is 1050. The van der Waals surface area contributed by atoms with E-state index in [4.69, 9.17) is 0 Å². The number of allylic oxidation sites excluding steroid dienone is 2. The Balaban J connectivity index is 1.64. The van der Waals surface area contributed by atoms with Crippen molar-refractivity contribution in [3.8, 4) is 0 Å². The fourth-order valence-corrected chi connectivity index (χ4v) is 10.9. The number of carboxylic acids is 2. The SMILES string of the molecule is C[C@@H]1[C@H]2C3=CC[C@@H]4[C@@]5(C)C[C@@H](O)[C@H](O)[C@](C)(C(=O)O)[C@@H]5CC[C@@]4(C)[C@]3(C)CC[C@@]2(C(=O)O)CC[C@]1(C)O. The first-order chi connectivity index (χ1) is 16.9. The fraction of sp³-hybridized carbons (Fsp3) is 0.867. The monoisotopic (exact) mass is 518 g/mol. The van der Waals surface area contributed by atoms with Crippen LogP contribution in [0.3, 0.4) is 0 Å². The summed E-state index contributed by atoms with van der Waals surface area (Å²) in [5.74, 6) is -2.45. The van der Waals surface area contributed by atoms with Crippen LogP contribution in [0, 0.1) is 50.7 Å². The first kappa shape index (κ1) is 27.1. The molecule has 5 rings (SSSR count). The van der Waals surface area contributed by atoms with Gasteiger partial charge in [-0.25, -0.2) is 0 Å². The van der Waals surface area contributed by atoms with Crippen molar-refractivity contribution in [1.29, 1.82) is 0 Å². The van der Waals surface area contributed by atoms with Crippen LogP contribution in [-0.4, -0.2) is 55.3 Å². The lowest BCUT2D eigenvalue weighted by Crippen LogP contribution is -2.69. The van der Waals surface area contributed by atoms with Crippen molar-refractivity contribution in [2.24, 2.45) is 50.7 Å². The molecule has 0 amide bonds. The highest BCUT2D eigenvalue weighted by molar-refractivity contribution is 5.77. The number of rotatable bonds is 2. The molecule has 0 aromatic rings. The second-order valence-corrected chi connectivity index (χ2v) is 14.7. The predicted octanol–water partition coefficient (Wildman–Crippen LogP) is 4.24. The first-order valence-electron chi connectivity index (χ1n) is 14.2. The molecule has 4 fully saturated rings. The van der Waals surface area contributed by atoms with Gasteiger partial charge in [0.1, 0.15) is 0 Å². The number of carboxylic acid groups (broad SMARTS) is 2. The Kier molecular flexibility index (Phi) is 5.73. The maximum Gasteiger partial charge on any atom is 0.312 e. The number of aliphatic hydroxyl groups is 3. The van der Waals surface area contributed by atoms with Gasteiger partial charge in [-0.05, 0) is 99.2 Å². The van der Waals surface area contributed by atoms with E-state index < -0.39 is 46.0 Å². The maximum absolute atomic E-state index is 12.8. The largest absolute Gasteiger partial charge is 0.481 e. The molecule has 5 aliphatic rings. The van der Waals surface area contributed by atoms with Crippen LogP contribution in [0.15, 0.2) is 11.6 Å². The van der Waals surface area contributed by atoms with Crippen LogP contribution in [0.4, 0.5) is 0 Å². The van der Waals surface area contributed by atoms with Crippen LogP contribution in [0.1, 0.15) is 92.9 Å². The molecule has 0 radical (unpaired) electrons. The van der Waals surface area contributed by atoms with E-state index in [-0.39, 0.29) is 34.5 Å². The van der Waals surface area contributed by atoms with Gasteiger partial charge < -0.3 is 25.5 Å². The summed E-state index contributed by atoms with van der Waals surface area (Å²) in [6.07, 6.45) is 4.56. The molecule has 208 valence electrons. The van der Waals surface area contributed by atoms with Crippen LogP contribution >= 0.6 is 0 Å². The molecule has 5 aliphatic carbocycles. The maximum atomic E-state index is 12.8. The lowest BCUT2D eigenvalue weighted by atomic mass is 9.33. The zero-order valence-electron chi connectivity index (χ0n) is 23.3. The third-order valence-corrected chi connectivity index (χ3v) is 13.6. The number of aliphatic hydroxyl groups excluding tert-OH is 2. The summed E-state index contributed by atoms with van der Waals surface area (Å²) in [6, 6.07) is 0. The van der Waals surface area contributed by atoms with E-state index in [9.17, 15) is 35.1 Å². The van der Waals surface area contributed by atoms with Crippen LogP contribution in [0.2, 0.25) is 0 Å². The highest BCUT2D eigenvalue weighted by atomic mass is 16.4. The van der Waals surface area contributed by atoms with Gasteiger partial charge in [0.2, 0.25) is 0 Å². The molecule has 0 unspecified atom stereocenters. The average Bonchev–Trinajstić information content (AvgIpc) is 2.80. The molecular formula is C30H46O7. The van der Waals surface area contributed by atoms with Crippen molar-refractivity contribution >= 4 is 11.9 Å². The van der Waals surface area contributed by atoms with Gasteiger partial charge in [0.05, 0.1) is 28.6 Å². The standard InChI is InChI=1S/C30H46O7/c1-16-21-17-7-8-19-25(2)15-18(31)22(32)29(6,23(33)34)20(25)9-10-27(19,4)26(17,3)11-13-30(21,24(35)36)14-12-28(16,5)37/h7,16,18-22,31-32,37H,8-15H2,1-6H3,(H,33,34)(H,35,36)/t16-,18-,19-,20-,21+,22+,25-,26-,27-,28+,29-,30-/m1/s1. The molecule has 7 heteroatoms. The van der Waals surface area contributed by atoms with Crippen molar-refractivity contribution < 1.29 is 35.1 Å². The van der Waals surface area contributed by atoms with Gasteiger partial charge in [-0.15, -0.1) is 0 Å². The van der Waals surface area contributed by atoms with Crippen molar-refractivity contribution in [3.05, 3.63) is 11.6 Å². The minimum atomic E-state index is -1.43. The molecule has 0 spiro atoms. The van der Waals surface area contributed by atoms with E-state index in [2.05, 4.69) is 26.8 Å². The van der Waals surface area contributed by atoms with E-state index in [1.54, 1.807) is 6.92 Å². The zero-order chi connectivity index (χ0) is 27.6. The lowest BCUT2D eigenvalue weighted by Gasteiger charge is -2.71. The summed E-state index contributed by atoms with van der Waals surface area (Å²) in [4.78, 5) is 25.4. The van der Waals surface area contributed by atoms with E-state index in [1.807, 2.05) is 13.8 Å². The van der Waals surface area contributed by atoms with E-state index in [0.29, 0.717) is 38.5 Å². The summed E-state index contributed by atoms with van der Waals surface area (Å²) in [5, 5.41) is 53.9. The number of carbonyl (C=O) groups is 2. The molecule has 0 saturated heterocycles. The summed E-state index contributed by atoms with van der Waals surface area (Å²) >= 11 is 0. The van der Waals surface area contributed by atoms with Crippen LogP contribution in [0.25, 0.3) is 0 Å². The topological polar surface area (TPSA) is 135 Å². The van der Waals surface area contributed by atoms with Crippen LogP contribution in [-0.2, 0) is 9.59 Å². The third kappa shape index (κ3) is 3.05. The smallest absolute Gasteiger partial charge is 0.312 e. The average molecular weight is 519 g/mol. The van der Waals surface area contributed by atoms with Crippen molar-refractivity contribution in [1.82, 2.24) is 0 Å². The van der Waals surface area contributed by atoms with Crippen molar-refractivity contribution in [3.63, 3.8) is 0 Å². The Labute approximate surface area is 220 Å². The molecule has 0 aromatic carbocycles. The van der Waals surface area contributed by atoms with Crippen LogP contribution in [0.5, 0.6) is 0 Å². The van der Waals surface area contributed by atoms with Gasteiger partial charge >= 0.3 is 11.9 Å². The quantitative estimate of drug-likeness (QED) is 0.345. The molecule has 4 saturated carbocycles. The summed E-state index contributed by atoms with van der Waals surface area (Å²) in [7, 11) is 0. The third-order valence-electron chi connectivity index (χ3n) is 13.6. The predicted molar refractivity (Wildman–Crippen MR) is 137 cm³/mol. The summed E-state index contributed by atoms with van der Waals surface area (Å²) in [5.41, 5.74) is -3.07. The molecule has 12 atom stereocenters. The van der Waals surface area contributed by atoms with Gasteiger partial charge in [0.25, 0.3) is 0 Å². The Morgan fingerprint density at radius 2 is 1.51 bits per heavy atom. The molecule has 0 aliphatic heterocycles. The molecule has 0 bridgehead atoms. The van der Waals surface area contributed by atoms with E-state index in [1.165, 1.54) is 5.57 Å². The highest BCUT2D eigenvalue weighted by Gasteiger charge is 2.72. The molecule has 0 aromatic heterocycles. The number of fused-ring (bicyclic) bond motifs is 7. The minimum Gasteiger partial charge on any atom is -0.481 e. The van der Waals surface area contributed by atoms with Crippen LogP contribution < -0.4 is 0 Å². The molecule has 7 nitrogen and oxygen atoms in total. The Hall–Kier alpha value is -1.44. The second kappa shape index (κ2) is 7.82. The Morgan fingerprint density at radius 3 is 2.11 bits per heavy atom. The van der Waals surface area contributed by atoms with Gasteiger partial charge in [-0.2, -0.15) is 0 Å². The highest BCUT2D eigenvalue weighted by Crippen LogP contribution is 2.76. The molecule has 0 heterocycles. The fourth-order valence-electron chi connectivity index (χ4n) is 10.9. The zero-order valence-corrected chi connectivity index (χ0v) is 23.3. The molecular weight excluding hydrogens is 472 g/mol. The molecule has 5 N–H and O–H groups in total. The Morgan fingerprint density at radius 1 is 0.892 bits per heavy atom. The lowest BCUT2D eigenvalue weighted by molar-refractivity contribution is -0.241. The summed E-state index contributed by atoms with van der Waals surface area (Å²) < 4.78 is 0. The normalized spacial score (nSPS) is 57.2. The number of aliphatic carboxylic acids is 2. The number of hydrogen-bond donors (Lipinski definition) is 5. The van der Waals surface area contributed by atoms with Crippen molar-refractivity contribution in [2.45, 2.75) is 111 Å². The first-order valence-corrected chi connectivity index (χ1v) is 14.2. The van der Waals surface area contributed by atoms with E-state index >= 15 is 0 Å².